The monoisotopic (exact) mass is 412 g/mol. The van der Waals surface area contributed by atoms with E-state index in [0.717, 1.165) is 41.1 Å². The number of hydrogen-bond acceptors (Lipinski definition) is 4. The van der Waals surface area contributed by atoms with Gasteiger partial charge < -0.3 is 4.90 Å². The Morgan fingerprint density at radius 2 is 2.07 bits per heavy atom. The quantitative estimate of drug-likeness (QED) is 0.656. The van der Waals surface area contributed by atoms with E-state index in [1.807, 2.05) is 39.1 Å². The Kier molecular flexibility index (Phi) is 5.11. The van der Waals surface area contributed by atoms with Gasteiger partial charge in [-0.3, -0.25) is 13.9 Å². The summed E-state index contributed by atoms with van der Waals surface area (Å²) in [7, 11) is 1.79. The molecule has 1 aliphatic rings. The van der Waals surface area contributed by atoms with Gasteiger partial charge in [0.25, 0.3) is 5.91 Å². The molecule has 0 spiro atoms. The van der Waals surface area contributed by atoms with Gasteiger partial charge in [-0.05, 0) is 41.8 Å². The largest absolute Gasteiger partial charge is 0.337 e. The van der Waals surface area contributed by atoms with E-state index in [1.54, 1.807) is 11.6 Å². The minimum absolute atomic E-state index is 0.00278. The van der Waals surface area contributed by atoms with Crippen LogP contribution in [0.25, 0.3) is 11.2 Å². The van der Waals surface area contributed by atoms with Crippen LogP contribution >= 0.6 is 11.3 Å². The van der Waals surface area contributed by atoms with Gasteiger partial charge >= 0.3 is 5.69 Å². The van der Waals surface area contributed by atoms with Crippen molar-refractivity contribution in [2.24, 2.45) is 12.5 Å². The van der Waals surface area contributed by atoms with Gasteiger partial charge in [-0.1, -0.05) is 26.8 Å². The topological polar surface area (TPSA) is 60.1 Å². The first-order chi connectivity index (χ1) is 13.7. The highest BCUT2D eigenvalue weighted by Crippen LogP contribution is 2.29. The number of piperidine rings is 1. The number of fused-ring (bicyclic) bond motifs is 1. The van der Waals surface area contributed by atoms with Crippen molar-refractivity contribution < 1.29 is 4.79 Å². The first-order valence-electron chi connectivity index (χ1n) is 10.1. The minimum atomic E-state index is -0.0299. The zero-order valence-corrected chi connectivity index (χ0v) is 18.3. The van der Waals surface area contributed by atoms with Gasteiger partial charge in [0.15, 0.2) is 5.65 Å². The standard InChI is InChI=1S/C22H28N4O2S/c1-22(2,3)14-26-17-10-9-16(23-19(17)24(4)21(26)28)15-7-5-11-25(13-15)20(27)18-8-6-12-29-18/h6,8-10,12,15H,5,7,11,13-14H2,1-4H3. The van der Waals surface area contributed by atoms with Crippen LogP contribution in [0, 0.1) is 5.41 Å². The zero-order valence-electron chi connectivity index (χ0n) is 17.5. The van der Waals surface area contributed by atoms with E-state index < -0.39 is 0 Å². The normalized spacial score (nSPS) is 17.8. The molecule has 3 aromatic rings. The van der Waals surface area contributed by atoms with Gasteiger partial charge in [0.05, 0.1) is 10.4 Å². The third kappa shape index (κ3) is 3.88. The van der Waals surface area contributed by atoms with Crippen molar-refractivity contribution in [1.29, 1.82) is 0 Å². The number of amides is 1. The van der Waals surface area contributed by atoms with Crippen LogP contribution in [0.2, 0.25) is 0 Å². The van der Waals surface area contributed by atoms with Crippen molar-refractivity contribution in [1.82, 2.24) is 19.0 Å². The predicted octanol–water partition coefficient (Wildman–Crippen LogP) is 3.86. The van der Waals surface area contributed by atoms with E-state index in [1.165, 1.54) is 11.3 Å². The Balaban J connectivity index is 1.63. The minimum Gasteiger partial charge on any atom is -0.337 e. The number of carbonyl (C=O) groups is 1. The highest BCUT2D eigenvalue weighted by Gasteiger charge is 2.27. The summed E-state index contributed by atoms with van der Waals surface area (Å²) >= 11 is 1.49. The zero-order chi connectivity index (χ0) is 20.8. The molecule has 0 bridgehead atoms. The molecule has 0 aliphatic carbocycles. The molecule has 1 atom stereocenters. The van der Waals surface area contributed by atoms with Crippen molar-refractivity contribution in [3.8, 4) is 0 Å². The molecule has 1 unspecified atom stereocenters. The molecule has 3 aromatic heterocycles. The number of carbonyl (C=O) groups excluding carboxylic acids is 1. The Bertz CT molecular complexity index is 1090. The number of imidazole rings is 1. The van der Waals surface area contributed by atoms with Gasteiger partial charge in [-0.25, -0.2) is 9.78 Å². The van der Waals surface area contributed by atoms with E-state index in [0.29, 0.717) is 13.1 Å². The molecule has 1 fully saturated rings. The molecule has 29 heavy (non-hydrogen) atoms. The Morgan fingerprint density at radius 1 is 1.28 bits per heavy atom. The van der Waals surface area contributed by atoms with Crippen molar-refractivity contribution in [3.05, 3.63) is 50.7 Å². The number of thiophene rings is 1. The van der Waals surface area contributed by atoms with Crippen LogP contribution < -0.4 is 5.69 Å². The maximum Gasteiger partial charge on any atom is 0.330 e. The number of rotatable bonds is 3. The lowest BCUT2D eigenvalue weighted by Crippen LogP contribution is -2.39. The van der Waals surface area contributed by atoms with E-state index in [9.17, 15) is 9.59 Å². The van der Waals surface area contributed by atoms with Crippen LogP contribution in [-0.2, 0) is 13.6 Å². The molecule has 1 amide bonds. The van der Waals surface area contributed by atoms with Gasteiger partial charge in [0.1, 0.15) is 0 Å². The second kappa shape index (κ2) is 7.44. The molecule has 1 aliphatic heterocycles. The Labute approximate surface area is 174 Å². The van der Waals surface area contributed by atoms with Crippen LogP contribution in [0.3, 0.4) is 0 Å². The van der Waals surface area contributed by atoms with Crippen molar-refractivity contribution in [2.45, 2.75) is 46.1 Å². The Hall–Kier alpha value is -2.41. The summed E-state index contributed by atoms with van der Waals surface area (Å²) in [6, 6.07) is 7.85. The molecule has 6 nitrogen and oxygen atoms in total. The molecule has 1 saturated heterocycles. The fraction of sp³-hybridized carbons (Fsp3) is 0.500. The molecular weight excluding hydrogens is 384 g/mol. The molecule has 0 aromatic carbocycles. The summed E-state index contributed by atoms with van der Waals surface area (Å²) in [5.74, 6) is 0.299. The first kappa shape index (κ1) is 19.9. The van der Waals surface area contributed by atoms with Crippen molar-refractivity contribution in [2.75, 3.05) is 13.1 Å². The molecule has 4 heterocycles. The second-order valence-electron chi connectivity index (χ2n) is 9.13. The van der Waals surface area contributed by atoms with Crippen LogP contribution in [-0.4, -0.2) is 38.0 Å². The third-order valence-electron chi connectivity index (χ3n) is 5.49. The predicted molar refractivity (Wildman–Crippen MR) is 117 cm³/mol. The number of hydrogen-bond donors (Lipinski definition) is 0. The smallest absolute Gasteiger partial charge is 0.330 e. The van der Waals surface area contributed by atoms with E-state index >= 15 is 0 Å². The molecule has 4 rings (SSSR count). The van der Waals surface area contributed by atoms with E-state index in [2.05, 4.69) is 20.8 Å². The Morgan fingerprint density at radius 3 is 2.76 bits per heavy atom. The lowest BCUT2D eigenvalue weighted by atomic mass is 9.94. The summed E-state index contributed by atoms with van der Waals surface area (Å²) in [6.45, 7) is 8.49. The molecule has 0 radical (unpaired) electrons. The van der Waals surface area contributed by atoms with E-state index in [4.69, 9.17) is 4.98 Å². The maximum atomic E-state index is 12.8. The third-order valence-corrected chi connectivity index (χ3v) is 6.35. The van der Waals surface area contributed by atoms with Gasteiger partial charge in [-0.2, -0.15) is 0 Å². The van der Waals surface area contributed by atoms with Crippen molar-refractivity contribution in [3.63, 3.8) is 0 Å². The lowest BCUT2D eigenvalue weighted by Gasteiger charge is -2.32. The van der Waals surface area contributed by atoms with E-state index in [-0.39, 0.29) is 22.9 Å². The highest BCUT2D eigenvalue weighted by atomic mass is 32.1. The van der Waals surface area contributed by atoms with Crippen LogP contribution in [0.1, 0.15) is 54.9 Å². The number of likely N-dealkylation sites (tertiary alicyclic amines) is 1. The number of pyridine rings is 1. The van der Waals surface area contributed by atoms with Crippen LogP contribution in [0.15, 0.2) is 34.4 Å². The number of aromatic nitrogens is 3. The summed E-state index contributed by atoms with van der Waals surface area (Å²) in [5, 5.41) is 1.94. The van der Waals surface area contributed by atoms with Gasteiger partial charge in [0, 0.05) is 38.3 Å². The average Bonchev–Trinajstić information content (AvgIpc) is 3.30. The van der Waals surface area contributed by atoms with Crippen LogP contribution in [0.4, 0.5) is 0 Å². The number of nitrogens with zero attached hydrogens (tertiary/aromatic N) is 4. The molecule has 0 N–H and O–H groups in total. The molecule has 7 heteroatoms. The molecule has 0 saturated carbocycles. The highest BCUT2D eigenvalue weighted by molar-refractivity contribution is 7.12. The summed E-state index contributed by atoms with van der Waals surface area (Å²) in [4.78, 5) is 33.1. The summed E-state index contributed by atoms with van der Waals surface area (Å²) in [5.41, 5.74) is 2.53. The summed E-state index contributed by atoms with van der Waals surface area (Å²) in [6.07, 6.45) is 1.97. The molecule has 154 valence electrons. The summed E-state index contributed by atoms with van der Waals surface area (Å²) < 4.78 is 3.46. The maximum absolute atomic E-state index is 12.8. The second-order valence-corrected chi connectivity index (χ2v) is 10.1. The fourth-order valence-electron chi connectivity index (χ4n) is 4.10. The van der Waals surface area contributed by atoms with Crippen LogP contribution in [0.5, 0.6) is 0 Å². The van der Waals surface area contributed by atoms with Gasteiger partial charge in [-0.15, -0.1) is 11.3 Å². The number of aryl methyl sites for hydroxylation is 1. The molecular formula is C22H28N4O2S. The lowest BCUT2D eigenvalue weighted by molar-refractivity contribution is 0.0711. The van der Waals surface area contributed by atoms with Gasteiger partial charge in [0.2, 0.25) is 0 Å². The fourth-order valence-corrected chi connectivity index (χ4v) is 4.79. The SMILES string of the molecule is Cn1c(=O)n(CC(C)(C)C)c2ccc(C3CCCN(C(=O)c4cccs4)C3)nc21. The average molecular weight is 413 g/mol. The van der Waals surface area contributed by atoms with Crippen molar-refractivity contribution >= 4 is 28.4 Å². The first-order valence-corrected chi connectivity index (χ1v) is 11.0.